The third kappa shape index (κ3) is 3.46. The van der Waals surface area contributed by atoms with Gasteiger partial charge in [0.15, 0.2) is 0 Å². The molecule has 0 bridgehead atoms. The SMILES string of the molecule is Cc1cc(F)c(Br)cc1NC(=O)C(C)N1C(C)CCC1C. The van der Waals surface area contributed by atoms with E-state index in [0.717, 1.165) is 18.4 Å². The Morgan fingerprint density at radius 3 is 2.52 bits per heavy atom. The third-order valence-corrected chi connectivity index (χ3v) is 4.98. The number of aryl methyl sites for hydroxylation is 1. The maximum atomic E-state index is 13.4. The second kappa shape index (κ2) is 6.44. The van der Waals surface area contributed by atoms with Gasteiger partial charge in [-0.1, -0.05) is 0 Å². The summed E-state index contributed by atoms with van der Waals surface area (Å²) in [5.74, 6) is -0.363. The van der Waals surface area contributed by atoms with Crippen LogP contribution in [0.5, 0.6) is 0 Å². The normalized spacial score (nSPS) is 24.1. The first kappa shape index (κ1) is 16.4. The van der Waals surface area contributed by atoms with Gasteiger partial charge in [0.2, 0.25) is 5.91 Å². The van der Waals surface area contributed by atoms with Crippen LogP contribution >= 0.6 is 15.9 Å². The molecule has 0 aromatic heterocycles. The molecule has 1 saturated heterocycles. The van der Waals surface area contributed by atoms with Gasteiger partial charge >= 0.3 is 0 Å². The van der Waals surface area contributed by atoms with Crippen molar-refractivity contribution >= 4 is 27.5 Å². The summed E-state index contributed by atoms with van der Waals surface area (Å²) >= 11 is 3.16. The molecule has 0 aliphatic carbocycles. The van der Waals surface area contributed by atoms with Crippen LogP contribution in [0.25, 0.3) is 0 Å². The minimum atomic E-state index is -0.319. The Labute approximate surface area is 134 Å². The molecule has 0 spiro atoms. The monoisotopic (exact) mass is 356 g/mol. The van der Waals surface area contributed by atoms with Crippen LogP contribution in [-0.2, 0) is 4.79 Å². The van der Waals surface area contributed by atoms with Gasteiger partial charge in [-0.25, -0.2) is 4.39 Å². The number of hydrogen-bond donors (Lipinski definition) is 1. The zero-order chi connectivity index (χ0) is 15.7. The standard InChI is InChI=1S/C16H22BrFN2O/c1-9-7-14(18)13(17)8-15(9)19-16(21)12(4)20-10(2)5-6-11(20)3/h7-8,10-12H,5-6H2,1-4H3,(H,19,21). The van der Waals surface area contributed by atoms with Crippen LogP contribution < -0.4 is 5.32 Å². The predicted molar refractivity (Wildman–Crippen MR) is 86.9 cm³/mol. The summed E-state index contributed by atoms with van der Waals surface area (Å²) in [5.41, 5.74) is 1.37. The lowest BCUT2D eigenvalue weighted by atomic mass is 10.1. The molecular weight excluding hydrogens is 335 g/mol. The fourth-order valence-electron chi connectivity index (χ4n) is 3.13. The second-order valence-electron chi connectivity index (χ2n) is 5.97. The highest BCUT2D eigenvalue weighted by Gasteiger charge is 2.34. The molecule has 1 aliphatic rings. The second-order valence-corrected chi connectivity index (χ2v) is 6.82. The lowest BCUT2D eigenvalue weighted by molar-refractivity contribution is -0.121. The van der Waals surface area contributed by atoms with E-state index in [0.29, 0.717) is 22.2 Å². The quantitative estimate of drug-likeness (QED) is 0.884. The fraction of sp³-hybridized carbons (Fsp3) is 0.562. The van der Waals surface area contributed by atoms with Gasteiger partial charge in [-0.05, 0) is 74.2 Å². The summed E-state index contributed by atoms with van der Waals surface area (Å²) in [5, 5.41) is 2.92. The van der Waals surface area contributed by atoms with E-state index in [1.165, 1.54) is 6.07 Å². The highest BCUT2D eigenvalue weighted by Crippen LogP contribution is 2.28. The van der Waals surface area contributed by atoms with Crippen LogP contribution in [0.2, 0.25) is 0 Å². The molecule has 116 valence electrons. The fourth-order valence-corrected chi connectivity index (χ4v) is 3.48. The number of likely N-dealkylation sites (tertiary alicyclic amines) is 1. The average Bonchev–Trinajstić information content (AvgIpc) is 2.74. The van der Waals surface area contributed by atoms with Gasteiger partial charge in [-0.15, -0.1) is 0 Å². The minimum Gasteiger partial charge on any atom is -0.324 e. The Morgan fingerprint density at radius 1 is 1.38 bits per heavy atom. The van der Waals surface area contributed by atoms with E-state index in [2.05, 4.69) is 40.0 Å². The molecule has 1 fully saturated rings. The summed E-state index contributed by atoms with van der Waals surface area (Å²) in [6.07, 6.45) is 2.25. The van der Waals surface area contributed by atoms with Crippen molar-refractivity contribution in [3.05, 3.63) is 28.0 Å². The largest absolute Gasteiger partial charge is 0.324 e. The molecule has 0 saturated carbocycles. The van der Waals surface area contributed by atoms with Crippen molar-refractivity contribution in [1.29, 1.82) is 0 Å². The topological polar surface area (TPSA) is 32.3 Å². The zero-order valence-electron chi connectivity index (χ0n) is 12.9. The van der Waals surface area contributed by atoms with Gasteiger partial charge in [0.1, 0.15) is 5.82 Å². The summed E-state index contributed by atoms with van der Waals surface area (Å²) in [7, 11) is 0. The van der Waals surface area contributed by atoms with Crippen LogP contribution in [-0.4, -0.2) is 28.9 Å². The van der Waals surface area contributed by atoms with Crippen molar-refractivity contribution in [2.45, 2.75) is 58.7 Å². The number of hydrogen-bond acceptors (Lipinski definition) is 2. The van der Waals surface area contributed by atoms with Gasteiger partial charge < -0.3 is 5.32 Å². The smallest absolute Gasteiger partial charge is 0.241 e. The molecule has 1 amide bonds. The van der Waals surface area contributed by atoms with Crippen LogP contribution in [0.1, 0.15) is 39.2 Å². The molecule has 1 aliphatic heterocycles. The average molecular weight is 357 g/mol. The van der Waals surface area contributed by atoms with Gasteiger partial charge in [0.05, 0.1) is 10.5 Å². The lowest BCUT2D eigenvalue weighted by Gasteiger charge is -2.31. The Hall–Kier alpha value is -0.940. The van der Waals surface area contributed by atoms with Crippen molar-refractivity contribution in [2.75, 3.05) is 5.32 Å². The number of nitrogens with zero attached hydrogens (tertiary/aromatic N) is 1. The lowest BCUT2D eigenvalue weighted by Crippen LogP contribution is -2.46. The van der Waals surface area contributed by atoms with E-state index in [9.17, 15) is 9.18 Å². The first-order valence-corrected chi connectivity index (χ1v) is 8.14. The third-order valence-electron chi connectivity index (χ3n) is 4.37. The van der Waals surface area contributed by atoms with Gasteiger partial charge in [-0.2, -0.15) is 0 Å². The molecule has 2 rings (SSSR count). The van der Waals surface area contributed by atoms with Gasteiger partial charge in [0, 0.05) is 17.8 Å². The number of anilines is 1. The molecule has 0 radical (unpaired) electrons. The van der Waals surface area contributed by atoms with Gasteiger partial charge in [-0.3, -0.25) is 9.69 Å². The van der Waals surface area contributed by atoms with E-state index in [4.69, 9.17) is 0 Å². The zero-order valence-corrected chi connectivity index (χ0v) is 14.5. The first-order valence-electron chi connectivity index (χ1n) is 7.35. The van der Waals surface area contributed by atoms with E-state index in [-0.39, 0.29) is 17.8 Å². The number of nitrogens with one attached hydrogen (secondary N) is 1. The summed E-state index contributed by atoms with van der Waals surface area (Å²) < 4.78 is 13.8. The number of carbonyl (C=O) groups excluding carboxylic acids is 1. The van der Waals surface area contributed by atoms with Crippen LogP contribution in [0.3, 0.4) is 0 Å². The van der Waals surface area contributed by atoms with E-state index < -0.39 is 0 Å². The summed E-state index contributed by atoms with van der Waals surface area (Å²) in [6, 6.07) is 3.68. The Bertz CT molecular complexity index is 539. The maximum Gasteiger partial charge on any atom is 0.241 e. The van der Waals surface area contributed by atoms with Crippen molar-refractivity contribution in [3.63, 3.8) is 0 Å². The van der Waals surface area contributed by atoms with Crippen molar-refractivity contribution in [1.82, 2.24) is 4.90 Å². The minimum absolute atomic E-state index is 0.0443. The summed E-state index contributed by atoms with van der Waals surface area (Å²) in [4.78, 5) is 14.7. The first-order chi connectivity index (χ1) is 9.81. The molecule has 5 heteroatoms. The molecular formula is C16H22BrFN2O. The highest BCUT2D eigenvalue weighted by molar-refractivity contribution is 9.10. The Kier molecular flexibility index (Phi) is 5.04. The van der Waals surface area contributed by atoms with Crippen LogP contribution in [0.4, 0.5) is 10.1 Å². The Balaban J connectivity index is 2.13. The van der Waals surface area contributed by atoms with Gasteiger partial charge in [0.25, 0.3) is 0 Å². The van der Waals surface area contributed by atoms with E-state index in [1.807, 2.05) is 6.92 Å². The van der Waals surface area contributed by atoms with E-state index in [1.54, 1.807) is 13.0 Å². The van der Waals surface area contributed by atoms with Crippen LogP contribution in [0.15, 0.2) is 16.6 Å². The predicted octanol–water partition coefficient (Wildman–Crippen LogP) is 4.10. The Morgan fingerprint density at radius 2 is 1.95 bits per heavy atom. The molecule has 3 unspecified atom stereocenters. The number of rotatable bonds is 3. The molecule has 21 heavy (non-hydrogen) atoms. The number of benzene rings is 1. The van der Waals surface area contributed by atoms with Crippen molar-refractivity contribution in [2.24, 2.45) is 0 Å². The van der Waals surface area contributed by atoms with Crippen molar-refractivity contribution < 1.29 is 9.18 Å². The molecule has 1 aromatic rings. The number of carbonyl (C=O) groups is 1. The highest BCUT2D eigenvalue weighted by atomic mass is 79.9. The molecule has 1 N–H and O–H groups in total. The van der Waals surface area contributed by atoms with Crippen molar-refractivity contribution in [3.8, 4) is 0 Å². The van der Waals surface area contributed by atoms with Crippen LogP contribution in [0, 0.1) is 12.7 Å². The molecule has 1 heterocycles. The van der Waals surface area contributed by atoms with E-state index >= 15 is 0 Å². The number of halogens is 2. The molecule has 1 aromatic carbocycles. The molecule has 3 nitrogen and oxygen atoms in total. The molecule has 3 atom stereocenters. The number of amides is 1. The summed E-state index contributed by atoms with van der Waals surface area (Å²) in [6.45, 7) is 8.04. The maximum absolute atomic E-state index is 13.4.